The van der Waals surface area contributed by atoms with Gasteiger partial charge in [-0.15, -0.1) is 0 Å². The van der Waals surface area contributed by atoms with Crippen LogP contribution >= 0.6 is 11.6 Å². The number of phenols is 1. The van der Waals surface area contributed by atoms with Crippen LogP contribution in [0.1, 0.15) is 18.4 Å². The summed E-state index contributed by atoms with van der Waals surface area (Å²) in [6, 6.07) is 14.1. The number of carbonyl (C=O) groups is 1. The first-order chi connectivity index (χ1) is 9.62. The molecule has 2 aromatic carbocycles. The predicted molar refractivity (Wildman–Crippen MR) is 79.1 cm³/mol. The lowest BCUT2D eigenvalue weighted by Crippen LogP contribution is -2.27. The van der Waals surface area contributed by atoms with Crippen LogP contribution in [0.15, 0.2) is 48.5 Å². The topological polar surface area (TPSA) is 49.3 Å². The van der Waals surface area contributed by atoms with Gasteiger partial charge in [-0.25, -0.2) is 0 Å². The molecule has 0 bridgehead atoms. The Morgan fingerprint density at radius 3 is 2.35 bits per heavy atom. The Labute approximate surface area is 122 Å². The van der Waals surface area contributed by atoms with E-state index < -0.39 is 5.41 Å². The van der Waals surface area contributed by atoms with Gasteiger partial charge in [0.2, 0.25) is 5.91 Å². The maximum Gasteiger partial charge on any atom is 0.235 e. The highest BCUT2D eigenvalue weighted by Crippen LogP contribution is 2.49. The number of hydrogen-bond donors (Lipinski definition) is 2. The summed E-state index contributed by atoms with van der Waals surface area (Å²) < 4.78 is 0. The molecule has 1 aliphatic rings. The second-order valence-corrected chi connectivity index (χ2v) is 5.50. The number of para-hydroxylation sites is 2. The zero-order valence-electron chi connectivity index (χ0n) is 10.8. The summed E-state index contributed by atoms with van der Waals surface area (Å²) in [5.41, 5.74) is 0.930. The van der Waals surface area contributed by atoms with E-state index in [1.807, 2.05) is 12.1 Å². The summed E-state index contributed by atoms with van der Waals surface area (Å²) >= 11 is 5.88. The number of benzene rings is 2. The number of carbonyl (C=O) groups excluding carboxylic acids is 1. The van der Waals surface area contributed by atoms with E-state index in [0.717, 1.165) is 18.4 Å². The molecule has 0 heterocycles. The molecule has 0 aromatic heterocycles. The van der Waals surface area contributed by atoms with Crippen molar-refractivity contribution in [2.24, 2.45) is 0 Å². The minimum Gasteiger partial charge on any atom is -0.506 e. The number of amides is 1. The molecule has 0 aliphatic heterocycles. The molecule has 1 fully saturated rings. The summed E-state index contributed by atoms with van der Waals surface area (Å²) in [6.45, 7) is 0. The highest BCUT2D eigenvalue weighted by atomic mass is 35.5. The second-order valence-electron chi connectivity index (χ2n) is 5.06. The van der Waals surface area contributed by atoms with Crippen LogP contribution in [-0.2, 0) is 10.2 Å². The molecule has 0 saturated heterocycles. The Kier molecular flexibility index (Phi) is 3.14. The van der Waals surface area contributed by atoms with E-state index in [2.05, 4.69) is 5.32 Å². The number of rotatable bonds is 3. The molecule has 0 radical (unpaired) electrons. The van der Waals surface area contributed by atoms with E-state index in [1.165, 1.54) is 0 Å². The van der Waals surface area contributed by atoms with E-state index in [4.69, 9.17) is 11.6 Å². The van der Waals surface area contributed by atoms with Gasteiger partial charge >= 0.3 is 0 Å². The zero-order valence-corrected chi connectivity index (χ0v) is 11.5. The third-order valence-corrected chi connectivity index (χ3v) is 3.99. The minimum atomic E-state index is -0.479. The van der Waals surface area contributed by atoms with Crippen molar-refractivity contribution >= 4 is 23.2 Å². The van der Waals surface area contributed by atoms with Crippen LogP contribution in [0.5, 0.6) is 5.75 Å². The summed E-state index contributed by atoms with van der Waals surface area (Å²) in [6.07, 6.45) is 1.63. The van der Waals surface area contributed by atoms with Crippen LogP contribution in [0.4, 0.5) is 5.69 Å². The van der Waals surface area contributed by atoms with Crippen molar-refractivity contribution in [2.45, 2.75) is 18.3 Å². The van der Waals surface area contributed by atoms with Crippen LogP contribution < -0.4 is 5.32 Å². The lowest BCUT2D eigenvalue weighted by Gasteiger charge is -2.16. The van der Waals surface area contributed by atoms with E-state index in [0.29, 0.717) is 10.7 Å². The highest BCUT2D eigenvalue weighted by Gasteiger charge is 2.51. The molecule has 4 heteroatoms. The molecule has 1 saturated carbocycles. The summed E-state index contributed by atoms with van der Waals surface area (Å²) in [7, 11) is 0. The fourth-order valence-corrected chi connectivity index (χ4v) is 2.49. The molecule has 2 N–H and O–H groups in total. The molecular formula is C16H14ClNO2. The predicted octanol–water partition coefficient (Wildman–Crippen LogP) is 3.72. The number of halogens is 1. The third-order valence-electron chi connectivity index (χ3n) is 3.73. The van der Waals surface area contributed by atoms with Crippen LogP contribution in [0.25, 0.3) is 0 Å². The molecule has 0 spiro atoms. The van der Waals surface area contributed by atoms with Crippen LogP contribution in [0.2, 0.25) is 5.02 Å². The van der Waals surface area contributed by atoms with Crippen LogP contribution in [0.3, 0.4) is 0 Å². The smallest absolute Gasteiger partial charge is 0.235 e. The lowest BCUT2D eigenvalue weighted by atomic mass is 9.95. The van der Waals surface area contributed by atoms with E-state index in [9.17, 15) is 9.90 Å². The van der Waals surface area contributed by atoms with Gasteiger partial charge in [0.05, 0.1) is 11.1 Å². The fourth-order valence-electron chi connectivity index (χ4n) is 2.36. The van der Waals surface area contributed by atoms with E-state index >= 15 is 0 Å². The maximum absolute atomic E-state index is 12.5. The first-order valence-electron chi connectivity index (χ1n) is 6.47. The van der Waals surface area contributed by atoms with Crippen LogP contribution in [0, 0.1) is 0 Å². The Morgan fingerprint density at radius 1 is 1.10 bits per heavy atom. The number of anilines is 1. The maximum atomic E-state index is 12.5. The van der Waals surface area contributed by atoms with Crippen molar-refractivity contribution in [3.05, 3.63) is 59.1 Å². The summed E-state index contributed by atoms with van der Waals surface area (Å²) in [5.74, 6) is -0.00548. The van der Waals surface area contributed by atoms with Gasteiger partial charge in [0.1, 0.15) is 5.75 Å². The first kappa shape index (κ1) is 13.0. The molecule has 0 unspecified atom stereocenters. The van der Waals surface area contributed by atoms with Crippen molar-refractivity contribution in [1.29, 1.82) is 0 Å². The van der Waals surface area contributed by atoms with Crippen molar-refractivity contribution in [3.63, 3.8) is 0 Å². The lowest BCUT2D eigenvalue weighted by molar-refractivity contribution is -0.118. The van der Waals surface area contributed by atoms with Crippen molar-refractivity contribution in [1.82, 2.24) is 0 Å². The summed E-state index contributed by atoms with van der Waals surface area (Å²) in [4.78, 5) is 12.5. The third kappa shape index (κ3) is 2.25. The largest absolute Gasteiger partial charge is 0.506 e. The molecule has 3 rings (SSSR count). The molecule has 1 amide bonds. The standard InChI is InChI=1S/C16H14ClNO2/c17-12-7-5-11(6-8-12)16(9-10-16)15(20)18-13-3-1-2-4-14(13)19/h1-8,19H,9-10H2,(H,18,20). The Balaban J connectivity index is 1.84. The number of nitrogens with one attached hydrogen (secondary N) is 1. The molecule has 0 atom stereocenters. The van der Waals surface area contributed by atoms with E-state index in [1.54, 1.807) is 36.4 Å². The number of phenolic OH excluding ortho intramolecular Hbond substituents is 1. The molecule has 2 aromatic rings. The van der Waals surface area contributed by atoms with Gasteiger partial charge in [-0.3, -0.25) is 4.79 Å². The van der Waals surface area contributed by atoms with Crippen molar-refractivity contribution in [3.8, 4) is 5.75 Å². The van der Waals surface area contributed by atoms with Gasteiger partial charge in [0.15, 0.2) is 0 Å². The van der Waals surface area contributed by atoms with Gasteiger partial charge < -0.3 is 10.4 Å². The summed E-state index contributed by atoms with van der Waals surface area (Å²) in [5, 5.41) is 13.2. The monoisotopic (exact) mass is 287 g/mol. The number of aromatic hydroxyl groups is 1. The van der Waals surface area contributed by atoms with E-state index in [-0.39, 0.29) is 11.7 Å². The quantitative estimate of drug-likeness (QED) is 0.845. The first-order valence-corrected chi connectivity index (χ1v) is 6.85. The minimum absolute atomic E-state index is 0.0766. The molecule has 1 aliphatic carbocycles. The molecular weight excluding hydrogens is 274 g/mol. The molecule has 20 heavy (non-hydrogen) atoms. The second kappa shape index (κ2) is 4.84. The van der Waals surface area contributed by atoms with Gasteiger partial charge in [0.25, 0.3) is 0 Å². The SMILES string of the molecule is O=C(Nc1ccccc1O)C1(c2ccc(Cl)cc2)CC1. The van der Waals surface area contributed by atoms with Gasteiger partial charge in [0, 0.05) is 5.02 Å². The van der Waals surface area contributed by atoms with Gasteiger partial charge in [-0.2, -0.15) is 0 Å². The Morgan fingerprint density at radius 2 is 1.75 bits per heavy atom. The van der Waals surface area contributed by atoms with Crippen molar-refractivity contribution < 1.29 is 9.90 Å². The Bertz CT molecular complexity index is 648. The average molecular weight is 288 g/mol. The molecule has 3 nitrogen and oxygen atoms in total. The molecule has 102 valence electrons. The number of hydrogen-bond acceptors (Lipinski definition) is 2. The van der Waals surface area contributed by atoms with Gasteiger partial charge in [-0.1, -0.05) is 35.9 Å². The fraction of sp³-hybridized carbons (Fsp3) is 0.188. The average Bonchev–Trinajstić information content (AvgIpc) is 3.24. The van der Waals surface area contributed by atoms with Crippen LogP contribution in [-0.4, -0.2) is 11.0 Å². The zero-order chi connectivity index (χ0) is 14.2. The van der Waals surface area contributed by atoms with Gasteiger partial charge in [-0.05, 0) is 42.7 Å². The normalized spacial score (nSPS) is 15.7. The Hall–Kier alpha value is -2.00. The highest BCUT2D eigenvalue weighted by molar-refractivity contribution is 6.30. The van der Waals surface area contributed by atoms with Crippen molar-refractivity contribution in [2.75, 3.05) is 5.32 Å².